The van der Waals surface area contributed by atoms with E-state index in [0.29, 0.717) is 31.2 Å². The molecule has 1 heterocycles. The van der Waals surface area contributed by atoms with Gasteiger partial charge in [-0.05, 0) is 60.5 Å². The molecule has 0 spiro atoms. The number of amides is 2. The van der Waals surface area contributed by atoms with E-state index in [-0.39, 0.29) is 35.2 Å². The van der Waals surface area contributed by atoms with Gasteiger partial charge in [-0.1, -0.05) is 77.5 Å². The SMILES string of the molecule is COc1cc(/C=C2\SC(=S)N([C@@H](C)c3ccccc3)C2=O)cc(Cl)c1OCC(=O)Nc1ccc(Cl)cc1. The van der Waals surface area contributed by atoms with Gasteiger partial charge < -0.3 is 14.8 Å². The molecule has 0 aromatic heterocycles. The van der Waals surface area contributed by atoms with E-state index < -0.39 is 0 Å². The highest BCUT2D eigenvalue weighted by molar-refractivity contribution is 8.26. The second-order valence-corrected chi connectivity index (χ2v) is 10.5. The average Bonchev–Trinajstić information content (AvgIpc) is 3.16. The molecule has 0 bridgehead atoms. The zero-order valence-corrected chi connectivity index (χ0v) is 23.0. The van der Waals surface area contributed by atoms with Gasteiger partial charge in [-0.3, -0.25) is 14.5 Å². The summed E-state index contributed by atoms with van der Waals surface area (Å²) in [4.78, 5) is 27.6. The summed E-state index contributed by atoms with van der Waals surface area (Å²) in [6.07, 6.45) is 1.71. The molecule has 6 nitrogen and oxygen atoms in total. The van der Waals surface area contributed by atoms with Gasteiger partial charge in [-0.15, -0.1) is 0 Å². The van der Waals surface area contributed by atoms with Gasteiger partial charge in [0.1, 0.15) is 4.32 Å². The number of rotatable bonds is 8. The number of carbonyl (C=O) groups is 2. The summed E-state index contributed by atoms with van der Waals surface area (Å²) in [5, 5.41) is 3.52. The Hall–Kier alpha value is -3.04. The maximum absolute atomic E-state index is 13.2. The molecule has 1 aliphatic heterocycles. The molecule has 1 aliphatic rings. The molecule has 2 amide bonds. The van der Waals surface area contributed by atoms with E-state index in [2.05, 4.69) is 5.32 Å². The minimum atomic E-state index is -0.374. The fourth-order valence-corrected chi connectivity index (χ4v) is 5.50. The van der Waals surface area contributed by atoms with Gasteiger partial charge in [0.15, 0.2) is 18.1 Å². The molecule has 1 N–H and O–H groups in total. The Labute approximate surface area is 234 Å². The lowest BCUT2D eigenvalue weighted by Gasteiger charge is -2.23. The predicted octanol–water partition coefficient (Wildman–Crippen LogP) is 6.98. The van der Waals surface area contributed by atoms with Crippen LogP contribution in [0, 0.1) is 0 Å². The molecule has 4 rings (SSSR count). The molecule has 1 atom stereocenters. The number of thioether (sulfide) groups is 1. The number of anilines is 1. The summed E-state index contributed by atoms with van der Waals surface area (Å²) < 4.78 is 11.6. The van der Waals surface area contributed by atoms with E-state index in [0.717, 1.165) is 5.56 Å². The number of carbonyl (C=O) groups excluding carboxylic acids is 2. The summed E-state index contributed by atoms with van der Waals surface area (Å²) in [6, 6.07) is 19.6. The Kier molecular flexibility index (Phi) is 8.76. The van der Waals surface area contributed by atoms with Gasteiger partial charge in [0, 0.05) is 10.7 Å². The van der Waals surface area contributed by atoms with Crippen molar-refractivity contribution in [3.63, 3.8) is 0 Å². The molecular formula is C27H22Cl2N2O4S2. The van der Waals surface area contributed by atoms with Crippen molar-refractivity contribution < 1.29 is 19.1 Å². The summed E-state index contributed by atoms with van der Waals surface area (Å²) in [5.74, 6) is -0.00892. The Balaban J connectivity index is 1.48. The second-order valence-electron chi connectivity index (χ2n) is 8.02. The van der Waals surface area contributed by atoms with Crippen LogP contribution in [0.2, 0.25) is 10.0 Å². The molecule has 10 heteroatoms. The van der Waals surface area contributed by atoms with Crippen LogP contribution in [0.4, 0.5) is 5.69 Å². The van der Waals surface area contributed by atoms with Crippen LogP contribution >= 0.6 is 47.2 Å². The van der Waals surface area contributed by atoms with Gasteiger partial charge in [0.05, 0.1) is 23.1 Å². The number of thiocarbonyl (C=S) groups is 1. The molecule has 3 aromatic rings. The van der Waals surface area contributed by atoms with Gasteiger partial charge >= 0.3 is 0 Å². The first-order valence-electron chi connectivity index (χ1n) is 11.1. The van der Waals surface area contributed by atoms with Crippen molar-refractivity contribution in [2.45, 2.75) is 13.0 Å². The highest BCUT2D eigenvalue weighted by Crippen LogP contribution is 2.41. The largest absolute Gasteiger partial charge is 0.493 e. The quantitative estimate of drug-likeness (QED) is 0.232. The normalized spacial score (nSPS) is 15.1. The van der Waals surface area contributed by atoms with Crippen LogP contribution in [0.15, 0.2) is 71.6 Å². The van der Waals surface area contributed by atoms with E-state index in [4.69, 9.17) is 44.9 Å². The van der Waals surface area contributed by atoms with Crippen molar-refractivity contribution in [1.82, 2.24) is 4.90 Å². The van der Waals surface area contributed by atoms with E-state index >= 15 is 0 Å². The number of benzene rings is 3. The third-order valence-corrected chi connectivity index (χ3v) is 7.38. The van der Waals surface area contributed by atoms with Gasteiger partial charge in [0.2, 0.25) is 0 Å². The number of methoxy groups -OCH3 is 1. The van der Waals surface area contributed by atoms with Crippen molar-refractivity contribution >= 4 is 75.1 Å². The number of hydrogen-bond acceptors (Lipinski definition) is 6. The van der Waals surface area contributed by atoms with Crippen LogP contribution in [0.1, 0.15) is 24.1 Å². The van der Waals surface area contributed by atoms with Crippen LogP contribution in [0.3, 0.4) is 0 Å². The third kappa shape index (κ3) is 6.45. The molecule has 37 heavy (non-hydrogen) atoms. The predicted molar refractivity (Wildman–Crippen MR) is 153 cm³/mol. The zero-order chi connectivity index (χ0) is 26.5. The van der Waals surface area contributed by atoms with Crippen LogP contribution < -0.4 is 14.8 Å². The van der Waals surface area contributed by atoms with Crippen LogP contribution in [-0.4, -0.2) is 34.8 Å². The van der Waals surface area contributed by atoms with Crippen molar-refractivity contribution in [1.29, 1.82) is 0 Å². The first kappa shape index (κ1) is 27.0. The lowest BCUT2D eigenvalue weighted by Crippen LogP contribution is -2.30. The minimum Gasteiger partial charge on any atom is -0.493 e. The van der Waals surface area contributed by atoms with Gasteiger partial charge in [-0.25, -0.2) is 0 Å². The van der Waals surface area contributed by atoms with Crippen molar-refractivity contribution in [3.05, 3.63) is 92.8 Å². The molecule has 0 unspecified atom stereocenters. The topological polar surface area (TPSA) is 67.9 Å². The zero-order valence-electron chi connectivity index (χ0n) is 19.9. The molecule has 1 saturated heterocycles. The Morgan fingerprint density at radius 1 is 1.14 bits per heavy atom. The number of nitrogens with one attached hydrogen (secondary N) is 1. The summed E-state index contributed by atoms with van der Waals surface area (Å²) >= 11 is 19.1. The third-order valence-electron chi connectivity index (χ3n) is 5.52. The van der Waals surface area contributed by atoms with E-state index in [9.17, 15) is 9.59 Å². The highest BCUT2D eigenvalue weighted by atomic mass is 35.5. The van der Waals surface area contributed by atoms with Crippen LogP contribution in [0.25, 0.3) is 6.08 Å². The number of halogens is 2. The van der Waals surface area contributed by atoms with Crippen LogP contribution in [-0.2, 0) is 9.59 Å². The summed E-state index contributed by atoms with van der Waals surface area (Å²) in [5.41, 5.74) is 2.21. The standard InChI is InChI=1S/C27H22Cl2N2O4S2/c1-16(18-6-4-3-5-7-18)31-26(33)23(37-27(31)36)14-17-12-21(29)25(22(13-17)34-2)35-15-24(32)30-20-10-8-19(28)9-11-20/h3-14,16H,15H2,1-2H3,(H,30,32)/b23-14-/t16-/m0/s1. The fourth-order valence-electron chi connectivity index (χ4n) is 3.68. The van der Waals surface area contributed by atoms with Gasteiger partial charge in [0.25, 0.3) is 11.8 Å². The molecule has 3 aromatic carbocycles. The first-order valence-corrected chi connectivity index (χ1v) is 13.1. The smallest absolute Gasteiger partial charge is 0.266 e. The molecule has 0 saturated carbocycles. The average molecular weight is 574 g/mol. The highest BCUT2D eigenvalue weighted by Gasteiger charge is 2.36. The Morgan fingerprint density at radius 2 is 1.84 bits per heavy atom. The number of hydrogen-bond donors (Lipinski definition) is 1. The Bertz CT molecular complexity index is 1360. The molecule has 0 aliphatic carbocycles. The summed E-state index contributed by atoms with van der Waals surface area (Å²) in [7, 11) is 1.47. The van der Waals surface area contributed by atoms with Crippen molar-refractivity contribution in [2.75, 3.05) is 19.0 Å². The van der Waals surface area contributed by atoms with E-state index in [1.165, 1.54) is 18.9 Å². The van der Waals surface area contributed by atoms with Gasteiger partial charge in [-0.2, -0.15) is 0 Å². The monoisotopic (exact) mass is 572 g/mol. The summed E-state index contributed by atoms with van der Waals surface area (Å²) in [6.45, 7) is 1.66. The number of ether oxygens (including phenoxy) is 2. The molecule has 0 radical (unpaired) electrons. The van der Waals surface area contributed by atoms with Crippen molar-refractivity contribution in [3.8, 4) is 11.5 Å². The fraction of sp³-hybridized carbons (Fsp3) is 0.148. The maximum Gasteiger partial charge on any atom is 0.266 e. The van der Waals surface area contributed by atoms with E-state index in [1.54, 1.807) is 47.4 Å². The lowest BCUT2D eigenvalue weighted by molar-refractivity contribution is -0.123. The second kappa shape index (κ2) is 12.0. The Morgan fingerprint density at radius 3 is 2.51 bits per heavy atom. The van der Waals surface area contributed by atoms with Crippen LogP contribution in [0.5, 0.6) is 11.5 Å². The van der Waals surface area contributed by atoms with E-state index in [1.807, 2.05) is 37.3 Å². The minimum absolute atomic E-state index is 0.180. The molecule has 190 valence electrons. The maximum atomic E-state index is 13.2. The molecular weight excluding hydrogens is 551 g/mol. The number of nitrogens with zero attached hydrogens (tertiary/aromatic N) is 1. The lowest BCUT2D eigenvalue weighted by atomic mass is 10.1. The van der Waals surface area contributed by atoms with Crippen molar-refractivity contribution in [2.24, 2.45) is 0 Å². The first-order chi connectivity index (χ1) is 17.8. The molecule has 1 fully saturated rings.